The van der Waals surface area contributed by atoms with E-state index in [4.69, 9.17) is 0 Å². The third kappa shape index (κ3) is 2.33. The van der Waals surface area contributed by atoms with E-state index >= 15 is 0 Å². The zero-order valence-corrected chi connectivity index (χ0v) is 10.9. The molecule has 0 spiro atoms. The Morgan fingerprint density at radius 2 is 1.75 bits per heavy atom. The van der Waals surface area contributed by atoms with Gasteiger partial charge in [0.1, 0.15) is 5.60 Å². The van der Waals surface area contributed by atoms with Gasteiger partial charge in [0, 0.05) is 30.4 Å². The number of rotatable bonds is 4. The van der Waals surface area contributed by atoms with Crippen LogP contribution in [0.15, 0.2) is 73.6 Å². The first kappa shape index (κ1) is 12.6. The molecule has 1 aromatic carbocycles. The van der Waals surface area contributed by atoms with Gasteiger partial charge in [0.2, 0.25) is 0 Å². The average molecular weight is 265 g/mol. The lowest BCUT2D eigenvalue weighted by molar-refractivity contribution is 0.0608. The van der Waals surface area contributed by atoms with Crippen molar-refractivity contribution < 1.29 is 5.11 Å². The van der Waals surface area contributed by atoms with Gasteiger partial charge in [0.25, 0.3) is 0 Å². The SMILES string of the molecule is OC(Cn1ccnc1)(c1ccccc1)c1cccnc1. The second kappa shape index (κ2) is 5.27. The van der Waals surface area contributed by atoms with Gasteiger partial charge in [-0.2, -0.15) is 0 Å². The molecule has 0 fully saturated rings. The lowest BCUT2D eigenvalue weighted by Gasteiger charge is -2.29. The lowest BCUT2D eigenvalue weighted by atomic mass is 9.87. The van der Waals surface area contributed by atoms with Gasteiger partial charge < -0.3 is 9.67 Å². The maximum absolute atomic E-state index is 11.2. The lowest BCUT2D eigenvalue weighted by Crippen LogP contribution is -2.32. The molecule has 4 heteroatoms. The van der Waals surface area contributed by atoms with E-state index in [9.17, 15) is 5.11 Å². The minimum atomic E-state index is -1.13. The Morgan fingerprint density at radius 3 is 2.40 bits per heavy atom. The highest BCUT2D eigenvalue weighted by atomic mass is 16.3. The van der Waals surface area contributed by atoms with E-state index in [0.29, 0.717) is 6.54 Å². The molecule has 0 amide bonds. The zero-order valence-electron chi connectivity index (χ0n) is 10.9. The summed E-state index contributed by atoms with van der Waals surface area (Å²) in [5.41, 5.74) is 0.470. The summed E-state index contributed by atoms with van der Waals surface area (Å²) in [6, 6.07) is 13.3. The molecule has 3 aromatic rings. The standard InChI is InChI=1S/C16H15N3O/c20-16(12-19-10-9-18-13-19,14-5-2-1-3-6-14)15-7-4-8-17-11-15/h1-11,13,20H,12H2. The first-order valence-electron chi connectivity index (χ1n) is 6.43. The molecule has 0 aliphatic rings. The average Bonchev–Trinajstić information content (AvgIpc) is 3.02. The highest BCUT2D eigenvalue weighted by molar-refractivity contribution is 5.34. The van der Waals surface area contributed by atoms with E-state index in [2.05, 4.69) is 9.97 Å². The molecule has 100 valence electrons. The Labute approximate surface area is 117 Å². The third-order valence-electron chi connectivity index (χ3n) is 3.36. The highest BCUT2D eigenvalue weighted by Crippen LogP contribution is 2.30. The van der Waals surface area contributed by atoms with Crippen LogP contribution in [0.5, 0.6) is 0 Å². The number of pyridine rings is 1. The van der Waals surface area contributed by atoms with Crippen molar-refractivity contribution in [3.63, 3.8) is 0 Å². The summed E-state index contributed by atoms with van der Waals surface area (Å²) in [7, 11) is 0. The van der Waals surface area contributed by atoms with E-state index in [1.165, 1.54) is 0 Å². The molecule has 0 bridgehead atoms. The summed E-state index contributed by atoms with van der Waals surface area (Å²) in [6.45, 7) is 0.392. The van der Waals surface area contributed by atoms with Crippen LogP contribution in [0.2, 0.25) is 0 Å². The van der Waals surface area contributed by atoms with Crippen LogP contribution in [0, 0.1) is 0 Å². The van der Waals surface area contributed by atoms with Gasteiger partial charge in [-0.05, 0) is 11.6 Å². The van der Waals surface area contributed by atoms with Crippen molar-refractivity contribution in [1.82, 2.24) is 14.5 Å². The number of aromatic nitrogens is 3. The maximum Gasteiger partial charge on any atom is 0.134 e. The topological polar surface area (TPSA) is 50.9 Å². The fourth-order valence-electron chi connectivity index (χ4n) is 2.32. The van der Waals surface area contributed by atoms with Crippen LogP contribution < -0.4 is 0 Å². The number of imidazole rings is 1. The van der Waals surface area contributed by atoms with Gasteiger partial charge in [-0.3, -0.25) is 4.98 Å². The van der Waals surface area contributed by atoms with Crippen LogP contribution in [0.25, 0.3) is 0 Å². The molecular formula is C16H15N3O. The summed E-state index contributed by atoms with van der Waals surface area (Å²) in [4.78, 5) is 8.15. The fourth-order valence-corrected chi connectivity index (χ4v) is 2.32. The number of hydrogen-bond donors (Lipinski definition) is 1. The quantitative estimate of drug-likeness (QED) is 0.787. The second-order valence-electron chi connectivity index (χ2n) is 4.70. The van der Waals surface area contributed by atoms with Crippen molar-refractivity contribution in [2.45, 2.75) is 12.1 Å². The van der Waals surface area contributed by atoms with Crippen LogP contribution in [-0.2, 0) is 12.1 Å². The van der Waals surface area contributed by atoms with E-state index in [-0.39, 0.29) is 0 Å². The number of aliphatic hydroxyl groups is 1. The molecule has 4 nitrogen and oxygen atoms in total. The smallest absolute Gasteiger partial charge is 0.134 e. The Morgan fingerprint density at radius 1 is 0.950 bits per heavy atom. The molecule has 0 saturated carbocycles. The molecule has 3 rings (SSSR count). The van der Waals surface area contributed by atoms with E-state index < -0.39 is 5.60 Å². The largest absolute Gasteiger partial charge is 0.378 e. The molecular weight excluding hydrogens is 250 g/mol. The number of nitrogens with zero attached hydrogens (tertiary/aromatic N) is 3. The van der Waals surface area contributed by atoms with Crippen molar-refractivity contribution in [1.29, 1.82) is 0 Å². The van der Waals surface area contributed by atoms with E-state index in [0.717, 1.165) is 11.1 Å². The summed E-state index contributed by atoms with van der Waals surface area (Å²) in [5.74, 6) is 0. The predicted octanol–water partition coefficient (Wildman–Crippen LogP) is 2.21. The van der Waals surface area contributed by atoms with Gasteiger partial charge in [0.05, 0.1) is 12.9 Å². The van der Waals surface area contributed by atoms with E-state index in [1.54, 1.807) is 24.9 Å². The molecule has 0 saturated heterocycles. The molecule has 0 aliphatic heterocycles. The van der Waals surface area contributed by atoms with Crippen molar-refractivity contribution in [2.75, 3.05) is 0 Å². The van der Waals surface area contributed by atoms with Crippen LogP contribution in [0.3, 0.4) is 0 Å². The van der Waals surface area contributed by atoms with Gasteiger partial charge in [-0.25, -0.2) is 4.98 Å². The monoisotopic (exact) mass is 265 g/mol. The molecule has 1 atom stereocenters. The van der Waals surface area contributed by atoms with Gasteiger partial charge in [-0.15, -0.1) is 0 Å². The van der Waals surface area contributed by atoms with Crippen molar-refractivity contribution in [2.24, 2.45) is 0 Å². The maximum atomic E-state index is 11.2. The van der Waals surface area contributed by atoms with Crippen molar-refractivity contribution >= 4 is 0 Å². The Kier molecular flexibility index (Phi) is 3.31. The second-order valence-corrected chi connectivity index (χ2v) is 4.70. The molecule has 0 aliphatic carbocycles. The summed E-state index contributed by atoms with van der Waals surface area (Å²) >= 11 is 0. The minimum absolute atomic E-state index is 0.392. The third-order valence-corrected chi connectivity index (χ3v) is 3.36. The number of benzene rings is 1. The van der Waals surface area contributed by atoms with Crippen LogP contribution in [0.1, 0.15) is 11.1 Å². The van der Waals surface area contributed by atoms with E-state index in [1.807, 2.05) is 53.2 Å². The zero-order chi connectivity index (χ0) is 13.8. The van der Waals surface area contributed by atoms with Crippen molar-refractivity contribution in [3.05, 3.63) is 84.7 Å². The van der Waals surface area contributed by atoms with Crippen LogP contribution in [-0.4, -0.2) is 19.6 Å². The Bertz CT molecular complexity index is 611. The predicted molar refractivity (Wildman–Crippen MR) is 75.9 cm³/mol. The Balaban J connectivity index is 2.08. The fraction of sp³-hybridized carbons (Fsp3) is 0.125. The first-order chi connectivity index (χ1) is 9.79. The van der Waals surface area contributed by atoms with Gasteiger partial charge in [-0.1, -0.05) is 36.4 Å². The highest BCUT2D eigenvalue weighted by Gasteiger charge is 2.32. The summed E-state index contributed by atoms with van der Waals surface area (Å²) in [6.07, 6.45) is 8.64. The van der Waals surface area contributed by atoms with Gasteiger partial charge in [0.15, 0.2) is 0 Å². The summed E-state index contributed by atoms with van der Waals surface area (Å²) < 4.78 is 1.86. The van der Waals surface area contributed by atoms with Crippen LogP contribution >= 0.6 is 0 Å². The molecule has 1 unspecified atom stereocenters. The molecule has 2 heterocycles. The normalized spacial score (nSPS) is 13.8. The number of hydrogen-bond acceptors (Lipinski definition) is 3. The molecule has 1 N–H and O–H groups in total. The van der Waals surface area contributed by atoms with Crippen molar-refractivity contribution in [3.8, 4) is 0 Å². The van der Waals surface area contributed by atoms with Gasteiger partial charge >= 0.3 is 0 Å². The first-order valence-corrected chi connectivity index (χ1v) is 6.43. The van der Waals surface area contributed by atoms with Crippen LogP contribution in [0.4, 0.5) is 0 Å². The minimum Gasteiger partial charge on any atom is -0.378 e. The Hall–Kier alpha value is -2.46. The molecule has 0 radical (unpaired) electrons. The molecule has 20 heavy (non-hydrogen) atoms. The summed E-state index contributed by atoms with van der Waals surface area (Å²) in [5, 5.41) is 11.2. The molecule has 2 aromatic heterocycles.